The lowest BCUT2D eigenvalue weighted by Crippen LogP contribution is -2.41. The average Bonchev–Trinajstić information content (AvgIpc) is 3.80. The summed E-state index contributed by atoms with van der Waals surface area (Å²) in [4.78, 5) is 37.5. The number of benzene rings is 2. The SMILES string of the molecule is Cc1nnc(C2(n3c(C(=O)N4CCc5nn(-c6cc(C)c(F)c(C)c6)c(-n6ccn(-c7ccc([S@@]8(=O)=NCCC8)cc7)c6=O)c5[C@@H]4C)cc4cc(C5CCOCC5)ncc43)CC2)o1. The van der Waals surface area contributed by atoms with Crippen LogP contribution in [0.2, 0.25) is 0 Å². The molecule has 2 aromatic carbocycles. The summed E-state index contributed by atoms with van der Waals surface area (Å²) >= 11 is 0. The van der Waals surface area contributed by atoms with E-state index in [0.29, 0.717) is 108 Å². The van der Waals surface area contributed by atoms with Gasteiger partial charge in [0.15, 0.2) is 0 Å². The van der Waals surface area contributed by atoms with Crippen molar-refractivity contribution in [3.8, 4) is 17.2 Å². The molecular formula is C46H47FN10O5S. The van der Waals surface area contributed by atoms with E-state index in [1.165, 1.54) is 4.57 Å². The molecule has 0 spiro atoms. The van der Waals surface area contributed by atoms with E-state index in [-0.39, 0.29) is 23.3 Å². The highest BCUT2D eigenvalue weighted by atomic mass is 32.2. The number of carbonyl (C=O) groups is 1. The Morgan fingerprint density at radius 1 is 0.952 bits per heavy atom. The summed E-state index contributed by atoms with van der Waals surface area (Å²) in [6, 6.07) is 14.1. The van der Waals surface area contributed by atoms with Crippen LogP contribution in [0.3, 0.4) is 0 Å². The van der Waals surface area contributed by atoms with E-state index in [4.69, 9.17) is 19.2 Å². The number of amides is 1. The number of carbonyl (C=O) groups excluding carboxylic acids is 1. The highest BCUT2D eigenvalue weighted by molar-refractivity contribution is 7.93. The Labute approximate surface area is 362 Å². The monoisotopic (exact) mass is 870 g/mol. The Kier molecular flexibility index (Phi) is 9.24. The number of imidazole rings is 1. The van der Waals surface area contributed by atoms with Gasteiger partial charge < -0.3 is 18.6 Å². The van der Waals surface area contributed by atoms with Crippen molar-refractivity contribution >= 4 is 26.5 Å². The summed E-state index contributed by atoms with van der Waals surface area (Å²) in [6.07, 6.45) is 9.65. The molecule has 324 valence electrons. The lowest BCUT2D eigenvalue weighted by Gasteiger charge is -2.34. The van der Waals surface area contributed by atoms with Gasteiger partial charge in [-0.15, -0.1) is 10.2 Å². The number of rotatable bonds is 8. The van der Waals surface area contributed by atoms with Crippen LogP contribution in [0, 0.1) is 26.6 Å². The number of hydrogen-bond donors (Lipinski definition) is 0. The first-order chi connectivity index (χ1) is 30.4. The molecule has 15 nitrogen and oxygen atoms in total. The van der Waals surface area contributed by atoms with Crippen LogP contribution in [-0.4, -0.2) is 85.7 Å². The van der Waals surface area contributed by atoms with Gasteiger partial charge in [0.2, 0.25) is 11.8 Å². The molecule has 1 amide bonds. The molecule has 63 heavy (non-hydrogen) atoms. The number of halogens is 1. The molecule has 2 atom stereocenters. The molecule has 0 radical (unpaired) electrons. The molecule has 4 aliphatic rings. The fourth-order valence-electron chi connectivity index (χ4n) is 9.91. The molecule has 1 saturated heterocycles. The average molecular weight is 871 g/mol. The van der Waals surface area contributed by atoms with Gasteiger partial charge in [0, 0.05) is 85.3 Å². The van der Waals surface area contributed by atoms with E-state index in [1.807, 2.05) is 24.1 Å². The first-order valence-electron chi connectivity index (χ1n) is 21.7. The minimum atomic E-state index is -2.46. The van der Waals surface area contributed by atoms with Crippen molar-refractivity contribution in [2.75, 3.05) is 32.1 Å². The molecular weight excluding hydrogens is 824 g/mol. The number of aryl methyl sites for hydroxylation is 3. The van der Waals surface area contributed by atoms with E-state index in [0.717, 1.165) is 41.6 Å². The Hall–Kier alpha value is -6.20. The fourth-order valence-corrected chi connectivity index (χ4v) is 11.9. The lowest BCUT2D eigenvalue weighted by molar-refractivity contribution is 0.0663. The Bertz CT molecular complexity index is 3150. The van der Waals surface area contributed by atoms with Crippen LogP contribution in [-0.2, 0) is 26.4 Å². The van der Waals surface area contributed by atoms with E-state index in [2.05, 4.69) is 25.2 Å². The van der Waals surface area contributed by atoms with Gasteiger partial charge in [0.1, 0.15) is 22.9 Å². The van der Waals surface area contributed by atoms with Crippen molar-refractivity contribution in [3.05, 3.63) is 129 Å². The summed E-state index contributed by atoms with van der Waals surface area (Å²) in [5, 5.41) is 14.6. The molecule has 2 fully saturated rings. The third-order valence-corrected chi connectivity index (χ3v) is 15.8. The summed E-state index contributed by atoms with van der Waals surface area (Å²) < 4.78 is 51.4. The van der Waals surface area contributed by atoms with Crippen molar-refractivity contribution in [1.29, 1.82) is 0 Å². The summed E-state index contributed by atoms with van der Waals surface area (Å²) in [5.74, 6) is 1.66. The quantitative estimate of drug-likeness (QED) is 0.156. The van der Waals surface area contributed by atoms with Crippen molar-refractivity contribution in [1.82, 2.24) is 43.6 Å². The molecule has 5 aromatic heterocycles. The topological polar surface area (TPSA) is 160 Å². The highest BCUT2D eigenvalue weighted by Crippen LogP contribution is 2.52. The minimum Gasteiger partial charge on any atom is -0.423 e. The van der Waals surface area contributed by atoms with Crippen LogP contribution < -0.4 is 5.69 Å². The van der Waals surface area contributed by atoms with Gasteiger partial charge in [-0.25, -0.2) is 22.4 Å². The summed E-state index contributed by atoms with van der Waals surface area (Å²) in [7, 11) is -2.46. The lowest BCUT2D eigenvalue weighted by atomic mass is 9.95. The summed E-state index contributed by atoms with van der Waals surface area (Å²) in [5.41, 5.74) is 4.72. The number of fused-ring (bicyclic) bond motifs is 2. The normalized spacial score (nSPS) is 20.9. The molecule has 0 unspecified atom stereocenters. The Morgan fingerprint density at radius 3 is 2.38 bits per heavy atom. The van der Waals surface area contributed by atoms with Gasteiger partial charge in [-0.1, -0.05) is 0 Å². The minimum absolute atomic E-state index is 0.191. The number of nitrogens with zero attached hydrogens (tertiary/aromatic N) is 10. The first kappa shape index (κ1) is 39.6. The summed E-state index contributed by atoms with van der Waals surface area (Å²) in [6.45, 7) is 9.47. The van der Waals surface area contributed by atoms with Crippen LogP contribution in [0.25, 0.3) is 28.1 Å². The second-order valence-electron chi connectivity index (χ2n) is 17.4. The maximum absolute atomic E-state index is 15.4. The zero-order chi connectivity index (χ0) is 43.4. The highest BCUT2D eigenvalue weighted by Gasteiger charge is 2.54. The predicted octanol–water partition coefficient (Wildman–Crippen LogP) is 7.03. The molecule has 0 bridgehead atoms. The van der Waals surface area contributed by atoms with Crippen LogP contribution in [0.5, 0.6) is 0 Å². The molecule has 3 aliphatic heterocycles. The maximum atomic E-state index is 15.4. The number of aromatic nitrogens is 8. The van der Waals surface area contributed by atoms with Crippen LogP contribution in [0.15, 0.2) is 85.6 Å². The van der Waals surface area contributed by atoms with Gasteiger partial charge in [-0.2, -0.15) is 5.10 Å². The van der Waals surface area contributed by atoms with E-state index < -0.39 is 21.3 Å². The fraction of sp³-hybridized carbons (Fsp3) is 0.391. The van der Waals surface area contributed by atoms with Crippen molar-refractivity contribution in [2.24, 2.45) is 4.36 Å². The number of pyridine rings is 1. The second kappa shape index (κ2) is 14.7. The molecule has 17 heteroatoms. The van der Waals surface area contributed by atoms with Gasteiger partial charge >= 0.3 is 5.69 Å². The van der Waals surface area contributed by atoms with Crippen LogP contribution in [0.4, 0.5) is 4.39 Å². The standard InChI is InChI=1S/C46H47FN10O5S/c1-27-22-34(23-28(2)41(27)47)57-42(55-18-17-54(45(55)59)33-6-8-35(9-7-33)63(60)21-5-15-49-63)40-29(3)53(16-10-36(40)52-57)43(58)38-25-32-24-37(31-11-19-61-20-12-31)48-26-39(32)56(38)46(13-14-46)44-51-50-30(4)62-44/h6-9,17-18,22-26,29,31H,5,10-16,19-21H2,1-4H3/t29-,63+/m0/s1. The molecule has 7 aromatic rings. The largest absolute Gasteiger partial charge is 0.423 e. The maximum Gasteiger partial charge on any atom is 0.338 e. The first-order valence-corrected chi connectivity index (χ1v) is 23.3. The van der Waals surface area contributed by atoms with Crippen LogP contribution in [0.1, 0.15) is 101 Å². The number of ether oxygens (including phenoxy) is 1. The zero-order valence-corrected chi connectivity index (χ0v) is 36.4. The van der Waals surface area contributed by atoms with Crippen molar-refractivity contribution in [2.45, 2.75) is 88.6 Å². The third-order valence-electron chi connectivity index (χ3n) is 13.4. The van der Waals surface area contributed by atoms with Crippen LogP contribution >= 0.6 is 0 Å². The number of hydrogen-bond acceptors (Lipinski definition) is 10. The molecule has 11 rings (SSSR count). The molecule has 0 N–H and O–H groups in total. The van der Waals surface area contributed by atoms with Crippen molar-refractivity contribution in [3.63, 3.8) is 0 Å². The molecule has 1 saturated carbocycles. The third kappa shape index (κ3) is 6.32. The second-order valence-corrected chi connectivity index (χ2v) is 19.8. The Morgan fingerprint density at radius 2 is 1.70 bits per heavy atom. The van der Waals surface area contributed by atoms with E-state index in [9.17, 15) is 9.00 Å². The van der Waals surface area contributed by atoms with Gasteiger partial charge in [-0.3, -0.25) is 18.9 Å². The van der Waals surface area contributed by atoms with Crippen molar-refractivity contribution < 1.29 is 22.5 Å². The van der Waals surface area contributed by atoms with E-state index in [1.54, 1.807) is 78.8 Å². The Balaban J connectivity index is 1.03. The molecule has 1 aliphatic carbocycles. The van der Waals surface area contributed by atoms with E-state index >= 15 is 9.18 Å². The van der Waals surface area contributed by atoms with Gasteiger partial charge in [-0.05, 0) is 113 Å². The van der Waals surface area contributed by atoms with Gasteiger partial charge in [0.05, 0.1) is 44.6 Å². The zero-order valence-electron chi connectivity index (χ0n) is 35.6. The predicted molar refractivity (Wildman–Crippen MR) is 232 cm³/mol. The van der Waals surface area contributed by atoms with Gasteiger partial charge in [0.25, 0.3) is 5.91 Å². The molecule has 8 heterocycles. The smallest absolute Gasteiger partial charge is 0.338 e.